The van der Waals surface area contributed by atoms with Crippen LogP contribution in [-0.4, -0.2) is 16.7 Å². The summed E-state index contributed by atoms with van der Waals surface area (Å²) in [5.41, 5.74) is 2.34. The Morgan fingerprint density at radius 3 is 2.32 bits per heavy atom. The van der Waals surface area contributed by atoms with Crippen LogP contribution in [0.1, 0.15) is 11.4 Å². The normalized spacial score (nSPS) is 10.9. The predicted octanol–water partition coefficient (Wildman–Crippen LogP) is 4.11. The van der Waals surface area contributed by atoms with Crippen molar-refractivity contribution >= 4 is 10.9 Å². The first-order chi connectivity index (χ1) is 13.8. The van der Waals surface area contributed by atoms with Crippen LogP contribution in [0.3, 0.4) is 0 Å². The van der Waals surface area contributed by atoms with Crippen molar-refractivity contribution in [3.8, 4) is 11.4 Å². The van der Waals surface area contributed by atoms with E-state index < -0.39 is 0 Å². The molecule has 0 amide bonds. The van der Waals surface area contributed by atoms with Gasteiger partial charge in [0, 0.05) is 0 Å². The summed E-state index contributed by atoms with van der Waals surface area (Å²) in [4.78, 5) is 17.9. The van der Waals surface area contributed by atoms with Gasteiger partial charge in [-0.05, 0) is 42.0 Å². The average molecular weight is 372 g/mol. The van der Waals surface area contributed by atoms with Crippen LogP contribution in [0, 0.1) is 0 Å². The summed E-state index contributed by atoms with van der Waals surface area (Å²) < 4.78 is 12.7. The average Bonchev–Trinajstić information content (AvgIpc) is 2.75. The number of methoxy groups -OCH3 is 1. The fraction of sp³-hybridized carbons (Fsp3) is 0.130. The third-order valence-corrected chi connectivity index (χ3v) is 4.52. The first kappa shape index (κ1) is 17.9. The molecule has 0 saturated heterocycles. The maximum atomic E-state index is 13.2. The maximum Gasteiger partial charge on any atom is 0.266 e. The molecule has 1 heterocycles. The number of benzene rings is 3. The molecule has 0 aliphatic heterocycles. The van der Waals surface area contributed by atoms with Crippen LogP contribution < -0.4 is 10.3 Å². The van der Waals surface area contributed by atoms with Crippen molar-refractivity contribution in [1.29, 1.82) is 0 Å². The number of nitrogens with zero attached hydrogens (tertiary/aromatic N) is 2. The lowest BCUT2D eigenvalue weighted by Gasteiger charge is -2.14. The van der Waals surface area contributed by atoms with E-state index in [1.807, 2.05) is 72.8 Å². The van der Waals surface area contributed by atoms with Crippen molar-refractivity contribution in [2.75, 3.05) is 7.11 Å². The largest absolute Gasteiger partial charge is 0.497 e. The highest BCUT2D eigenvalue weighted by molar-refractivity contribution is 5.77. The smallest absolute Gasteiger partial charge is 0.266 e. The Labute approximate surface area is 162 Å². The first-order valence-corrected chi connectivity index (χ1v) is 9.03. The third-order valence-electron chi connectivity index (χ3n) is 4.52. The van der Waals surface area contributed by atoms with Crippen LogP contribution in [-0.2, 0) is 18.0 Å². The van der Waals surface area contributed by atoms with E-state index in [2.05, 4.69) is 0 Å². The summed E-state index contributed by atoms with van der Waals surface area (Å²) in [5, 5.41) is 0.574. The molecule has 0 radical (unpaired) electrons. The van der Waals surface area contributed by atoms with E-state index in [9.17, 15) is 4.79 Å². The van der Waals surface area contributed by atoms with Gasteiger partial charge in [-0.1, -0.05) is 42.5 Å². The number of rotatable bonds is 6. The van der Waals surface area contributed by atoms with Crippen LogP contribution >= 0.6 is 0 Å². The highest BCUT2D eigenvalue weighted by atomic mass is 16.5. The van der Waals surface area contributed by atoms with Crippen molar-refractivity contribution in [3.05, 3.63) is 101 Å². The van der Waals surface area contributed by atoms with Crippen LogP contribution in [0.2, 0.25) is 0 Å². The van der Waals surface area contributed by atoms with Crippen molar-refractivity contribution < 1.29 is 9.47 Å². The number of hydrogen-bond acceptors (Lipinski definition) is 4. The van der Waals surface area contributed by atoms with Gasteiger partial charge in [0.1, 0.15) is 18.2 Å². The van der Waals surface area contributed by atoms with Crippen molar-refractivity contribution in [1.82, 2.24) is 9.55 Å². The van der Waals surface area contributed by atoms with Gasteiger partial charge in [0.05, 0.1) is 30.3 Å². The molecule has 0 aliphatic carbocycles. The summed E-state index contributed by atoms with van der Waals surface area (Å²) in [6.45, 7) is 0.674. The van der Waals surface area contributed by atoms with E-state index in [4.69, 9.17) is 14.5 Å². The molecule has 0 fully saturated rings. The number of hydrogen-bond donors (Lipinski definition) is 0. The Balaban J connectivity index is 1.73. The quantitative estimate of drug-likeness (QED) is 0.511. The Morgan fingerprint density at radius 1 is 0.857 bits per heavy atom. The Hall–Kier alpha value is -3.44. The summed E-state index contributed by atoms with van der Waals surface area (Å²) in [7, 11) is 1.61. The van der Waals surface area contributed by atoms with E-state index in [-0.39, 0.29) is 12.2 Å². The molecule has 28 heavy (non-hydrogen) atoms. The number of ether oxygens (including phenoxy) is 2. The highest BCUT2D eigenvalue weighted by Crippen LogP contribution is 2.17. The van der Waals surface area contributed by atoms with Gasteiger partial charge in [-0.2, -0.15) is 0 Å². The highest BCUT2D eigenvalue weighted by Gasteiger charge is 2.13. The van der Waals surface area contributed by atoms with Gasteiger partial charge in [-0.25, -0.2) is 4.98 Å². The van der Waals surface area contributed by atoms with Crippen LogP contribution in [0.25, 0.3) is 16.6 Å². The fourth-order valence-corrected chi connectivity index (χ4v) is 3.11. The van der Waals surface area contributed by atoms with Crippen molar-refractivity contribution in [2.45, 2.75) is 13.2 Å². The molecular formula is C23H20N2O3. The Kier molecular flexibility index (Phi) is 5.17. The zero-order chi connectivity index (χ0) is 19.3. The molecule has 5 heteroatoms. The number of fused-ring (bicyclic) bond motifs is 1. The molecule has 0 atom stereocenters. The molecule has 1 aromatic heterocycles. The summed E-state index contributed by atoms with van der Waals surface area (Å²) >= 11 is 0. The second-order valence-corrected chi connectivity index (χ2v) is 6.36. The van der Waals surface area contributed by atoms with Gasteiger partial charge in [-0.15, -0.1) is 0 Å². The minimum atomic E-state index is -0.117. The summed E-state index contributed by atoms with van der Waals surface area (Å²) in [6, 6.07) is 24.6. The van der Waals surface area contributed by atoms with Gasteiger partial charge >= 0.3 is 0 Å². The van der Waals surface area contributed by atoms with Crippen LogP contribution in [0.5, 0.6) is 5.75 Å². The monoisotopic (exact) mass is 372 g/mol. The third kappa shape index (κ3) is 3.66. The molecule has 0 unspecified atom stereocenters. The van der Waals surface area contributed by atoms with E-state index in [1.165, 1.54) is 0 Å². The second kappa shape index (κ2) is 8.06. The zero-order valence-electron chi connectivity index (χ0n) is 15.5. The molecule has 5 nitrogen and oxygen atoms in total. The SMILES string of the molecule is COc1ccc(-n2c(COCc3ccccc3)nc3ccccc3c2=O)cc1. The lowest BCUT2D eigenvalue weighted by atomic mass is 10.2. The summed E-state index contributed by atoms with van der Waals surface area (Å²) in [6.07, 6.45) is 0. The molecule has 0 spiro atoms. The van der Waals surface area contributed by atoms with Gasteiger partial charge in [0.2, 0.25) is 0 Å². The first-order valence-electron chi connectivity index (χ1n) is 9.03. The van der Waals surface area contributed by atoms with E-state index in [1.54, 1.807) is 17.7 Å². The van der Waals surface area contributed by atoms with Crippen LogP contribution in [0.4, 0.5) is 0 Å². The lowest BCUT2D eigenvalue weighted by Crippen LogP contribution is -2.24. The molecule has 3 aromatic carbocycles. The summed E-state index contributed by atoms with van der Waals surface area (Å²) in [5.74, 6) is 1.29. The topological polar surface area (TPSA) is 53.4 Å². The molecule has 0 bridgehead atoms. The van der Waals surface area contributed by atoms with Crippen molar-refractivity contribution in [2.24, 2.45) is 0 Å². The van der Waals surface area contributed by atoms with Gasteiger partial charge in [-0.3, -0.25) is 9.36 Å². The van der Waals surface area contributed by atoms with Gasteiger partial charge in [0.15, 0.2) is 0 Å². The number of para-hydroxylation sites is 1. The molecule has 4 aromatic rings. The van der Waals surface area contributed by atoms with Gasteiger partial charge in [0.25, 0.3) is 5.56 Å². The maximum absolute atomic E-state index is 13.2. The van der Waals surface area contributed by atoms with Gasteiger partial charge < -0.3 is 9.47 Å². The standard InChI is InChI=1S/C23H20N2O3/c1-27-19-13-11-18(12-14-19)25-22(16-28-15-17-7-3-2-4-8-17)24-21-10-6-5-9-20(21)23(25)26/h2-14H,15-16H2,1H3. The van der Waals surface area contributed by atoms with E-state index in [0.717, 1.165) is 17.0 Å². The van der Waals surface area contributed by atoms with E-state index in [0.29, 0.717) is 23.3 Å². The lowest BCUT2D eigenvalue weighted by molar-refractivity contribution is 0.100. The fourth-order valence-electron chi connectivity index (χ4n) is 3.11. The second-order valence-electron chi connectivity index (χ2n) is 6.36. The predicted molar refractivity (Wildman–Crippen MR) is 109 cm³/mol. The molecular weight excluding hydrogens is 352 g/mol. The molecule has 0 aliphatic rings. The molecule has 0 N–H and O–H groups in total. The molecule has 140 valence electrons. The Morgan fingerprint density at radius 2 is 1.57 bits per heavy atom. The van der Waals surface area contributed by atoms with Crippen LogP contribution in [0.15, 0.2) is 83.7 Å². The van der Waals surface area contributed by atoms with Crippen molar-refractivity contribution in [3.63, 3.8) is 0 Å². The minimum absolute atomic E-state index is 0.117. The molecule has 4 rings (SSSR count). The van der Waals surface area contributed by atoms with E-state index >= 15 is 0 Å². The zero-order valence-corrected chi connectivity index (χ0v) is 15.5. The molecule has 0 saturated carbocycles. The minimum Gasteiger partial charge on any atom is -0.497 e. The number of aromatic nitrogens is 2. The Bertz CT molecular complexity index is 1140.